The van der Waals surface area contributed by atoms with E-state index in [4.69, 9.17) is 4.74 Å². The van der Waals surface area contributed by atoms with Crippen molar-refractivity contribution >= 4 is 5.96 Å². The molecule has 0 saturated carbocycles. The standard InChI is InChI=1S/C16H35N5O/c1-5-21-11-6-8-15(21)14-19-16(17-2)18-9-7-10-20(3)12-13-22-4/h15H,5-14H2,1-4H3,(H2,17,18,19). The topological polar surface area (TPSA) is 52.1 Å². The molecule has 2 N–H and O–H groups in total. The first-order chi connectivity index (χ1) is 10.7. The minimum Gasteiger partial charge on any atom is -0.383 e. The van der Waals surface area contributed by atoms with E-state index in [0.29, 0.717) is 6.04 Å². The van der Waals surface area contributed by atoms with Crippen LogP contribution >= 0.6 is 0 Å². The molecule has 0 aromatic rings. The fraction of sp³-hybridized carbons (Fsp3) is 0.938. The largest absolute Gasteiger partial charge is 0.383 e. The number of hydrogen-bond donors (Lipinski definition) is 2. The SMILES string of the molecule is CCN1CCCC1CNC(=NC)NCCCN(C)CCOC. The monoisotopic (exact) mass is 313 g/mol. The zero-order valence-corrected chi connectivity index (χ0v) is 14.9. The lowest BCUT2D eigenvalue weighted by atomic mass is 10.2. The molecule has 0 aromatic heterocycles. The van der Waals surface area contributed by atoms with Crippen molar-refractivity contribution in [2.75, 3.05) is 67.1 Å². The molecule has 0 bridgehead atoms. The van der Waals surface area contributed by atoms with Gasteiger partial charge in [0.1, 0.15) is 0 Å². The molecule has 0 spiro atoms. The molecule has 0 aromatic carbocycles. The molecule has 130 valence electrons. The van der Waals surface area contributed by atoms with E-state index in [1.54, 1.807) is 7.11 Å². The summed E-state index contributed by atoms with van der Waals surface area (Å²) in [5.74, 6) is 0.919. The van der Waals surface area contributed by atoms with E-state index in [1.807, 2.05) is 7.05 Å². The third kappa shape index (κ3) is 7.42. The summed E-state index contributed by atoms with van der Waals surface area (Å²) in [7, 11) is 5.72. The molecular formula is C16H35N5O. The Morgan fingerprint density at radius 2 is 2.18 bits per heavy atom. The first kappa shape index (κ1) is 19.2. The summed E-state index contributed by atoms with van der Waals surface area (Å²) in [6.07, 6.45) is 3.72. The van der Waals surface area contributed by atoms with Crippen LogP contribution in [-0.2, 0) is 4.74 Å². The summed E-state index contributed by atoms with van der Waals surface area (Å²) in [5, 5.41) is 6.86. The average Bonchev–Trinajstić information content (AvgIpc) is 2.99. The van der Waals surface area contributed by atoms with E-state index in [1.165, 1.54) is 19.4 Å². The minimum absolute atomic E-state index is 0.656. The van der Waals surface area contributed by atoms with Crippen molar-refractivity contribution in [2.45, 2.75) is 32.2 Å². The van der Waals surface area contributed by atoms with Crippen molar-refractivity contribution in [3.63, 3.8) is 0 Å². The van der Waals surface area contributed by atoms with Crippen molar-refractivity contribution in [1.82, 2.24) is 20.4 Å². The second-order valence-electron chi connectivity index (χ2n) is 5.95. The summed E-state index contributed by atoms with van der Waals surface area (Å²) in [4.78, 5) is 9.15. The number of nitrogens with zero attached hydrogens (tertiary/aromatic N) is 3. The van der Waals surface area contributed by atoms with Crippen LogP contribution in [0.1, 0.15) is 26.2 Å². The lowest BCUT2D eigenvalue weighted by molar-refractivity contribution is 0.161. The number of aliphatic imine (C=N–C) groups is 1. The molecule has 0 aliphatic carbocycles. The van der Waals surface area contributed by atoms with Gasteiger partial charge in [0.05, 0.1) is 6.61 Å². The number of ether oxygens (including phenoxy) is 1. The van der Waals surface area contributed by atoms with Crippen LogP contribution in [-0.4, -0.2) is 88.9 Å². The van der Waals surface area contributed by atoms with Gasteiger partial charge < -0.3 is 20.3 Å². The molecular weight excluding hydrogens is 278 g/mol. The van der Waals surface area contributed by atoms with Crippen LogP contribution in [0, 0.1) is 0 Å². The lowest BCUT2D eigenvalue weighted by Crippen LogP contribution is -2.45. The Bertz CT molecular complexity index is 311. The molecule has 1 aliphatic rings. The van der Waals surface area contributed by atoms with Crippen molar-refractivity contribution < 1.29 is 4.74 Å². The van der Waals surface area contributed by atoms with Crippen LogP contribution in [0.25, 0.3) is 0 Å². The molecule has 1 atom stereocenters. The summed E-state index contributed by atoms with van der Waals surface area (Å²) < 4.78 is 5.08. The van der Waals surface area contributed by atoms with E-state index in [2.05, 4.69) is 39.4 Å². The highest BCUT2D eigenvalue weighted by Gasteiger charge is 2.22. The van der Waals surface area contributed by atoms with E-state index in [-0.39, 0.29) is 0 Å². The van der Waals surface area contributed by atoms with Crippen LogP contribution in [0.2, 0.25) is 0 Å². The van der Waals surface area contributed by atoms with Crippen LogP contribution in [0.4, 0.5) is 0 Å². The van der Waals surface area contributed by atoms with Crippen LogP contribution < -0.4 is 10.6 Å². The summed E-state index contributed by atoms with van der Waals surface area (Å²) in [6.45, 7) is 9.40. The molecule has 1 unspecified atom stereocenters. The number of likely N-dealkylation sites (tertiary alicyclic amines) is 1. The van der Waals surface area contributed by atoms with Crippen LogP contribution in [0.5, 0.6) is 0 Å². The predicted molar refractivity (Wildman–Crippen MR) is 93.6 cm³/mol. The Labute approximate surface area is 136 Å². The summed E-state index contributed by atoms with van der Waals surface area (Å²) >= 11 is 0. The van der Waals surface area contributed by atoms with E-state index in [0.717, 1.165) is 51.7 Å². The first-order valence-corrected chi connectivity index (χ1v) is 8.57. The Morgan fingerprint density at radius 1 is 1.36 bits per heavy atom. The fourth-order valence-electron chi connectivity index (χ4n) is 2.89. The van der Waals surface area contributed by atoms with Gasteiger partial charge >= 0.3 is 0 Å². The summed E-state index contributed by atoms with van der Waals surface area (Å²) in [5.41, 5.74) is 0. The highest BCUT2D eigenvalue weighted by molar-refractivity contribution is 5.79. The summed E-state index contributed by atoms with van der Waals surface area (Å²) in [6, 6.07) is 0.656. The Hall–Kier alpha value is -0.850. The highest BCUT2D eigenvalue weighted by atomic mass is 16.5. The normalized spacial score (nSPS) is 19.9. The molecule has 6 nitrogen and oxygen atoms in total. The van der Waals surface area contributed by atoms with Gasteiger partial charge in [0.25, 0.3) is 0 Å². The van der Waals surface area contributed by atoms with Crippen molar-refractivity contribution in [3.8, 4) is 0 Å². The van der Waals surface area contributed by atoms with Crippen molar-refractivity contribution in [3.05, 3.63) is 0 Å². The smallest absolute Gasteiger partial charge is 0.191 e. The molecule has 0 radical (unpaired) electrons. The number of hydrogen-bond acceptors (Lipinski definition) is 4. The highest BCUT2D eigenvalue weighted by Crippen LogP contribution is 2.15. The van der Waals surface area contributed by atoms with Gasteiger partial charge in [0, 0.05) is 39.8 Å². The van der Waals surface area contributed by atoms with Crippen LogP contribution in [0.3, 0.4) is 0 Å². The number of rotatable bonds is 10. The Morgan fingerprint density at radius 3 is 2.86 bits per heavy atom. The molecule has 1 fully saturated rings. The van der Waals surface area contributed by atoms with Gasteiger partial charge in [0.2, 0.25) is 0 Å². The van der Waals surface area contributed by atoms with E-state index < -0.39 is 0 Å². The molecule has 22 heavy (non-hydrogen) atoms. The molecule has 1 heterocycles. The molecule has 6 heteroatoms. The van der Waals surface area contributed by atoms with Gasteiger partial charge in [-0.3, -0.25) is 9.89 Å². The van der Waals surface area contributed by atoms with Gasteiger partial charge in [-0.1, -0.05) is 6.92 Å². The van der Waals surface area contributed by atoms with Crippen molar-refractivity contribution in [1.29, 1.82) is 0 Å². The van der Waals surface area contributed by atoms with Crippen molar-refractivity contribution in [2.24, 2.45) is 4.99 Å². The maximum Gasteiger partial charge on any atom is 0.191 e. The zero-order valence-electron chi connectivity index (χ0n) is 14.9. The second-order valence-corrected chi connectivity index (χ2v) is 5.95. The predicted octanol–water partition coefficient (Wildman–Crippen LogP) is 0.604. The maximum absolute atomic E-state index is 5.08. The molecule has 1 rings (SSSR count). The van der Waals surface area contributed by atoms with Gasteiger partial charge in [0.15, 0.2) is 5.96 Å². The van der Waals surface area contributed by atoms with E-state index >= 15 is 0 Å². The van der Waals surface area contributed by atoms with Gasteiger partial charge in [-0.25, -0.2) is 0 Å². The molecule has 0 amide bonds. The fourth-order valence-corrected chi connectivity index (χ4v) is 2.89. The van der Waals surface area contributed by atoms with E-state index in [9.17, 15) is 0 Å². The molecule has 1 saturated heterocycles. The number of methoxy groups -OCH3 is 1. The Balaban J connectivity index is 2.12. The molecule has 1 aliphatic heterocycles. The first-order valence-electron chi connectivity index (χ1n) is 8.57. The van der Waals surface area contributed by atoms with Crippen LogP contribution in [0.15, 0.2) is 4.99 Å². The van der Waals surface area contributed by atoms with Gasteiger partial charge in [-0.15, -0.1) is 0 Å². The zero-order chi connectivity index (χ0) is 16.2. The maximum atomic E-state index is 5.08. The minimum atomic E-state index is 0.656. The average molecular weight is 313 g/mol. The number of nitrogens with one attached hydrogen (secondary N) is 2. The third-order valence-corrected chi connectivity index (χ3v) is 4.32. The Kier molecular flexibility index (Phi) is 10.2. The second kappa shape index (κ2) is 11.7. The van der Waals surface area contributed by atoms with Gasteiger partial charge in [-0.2, -0.15) is 0 Å². The quantitative estimate of drug-likeness (QED) is 0.351. The lowest BCUT2D eigenvalue weighted by Gasteiger charge is -2.24. The third-order valence-electron chi connectivity index (χ3n) is 4.32. The number of guanidine groups is 1. The number of likely N-dealkylation sites (N-methyl/N-ethyl adjacent to an activating group) is 2. The van der Waals surface area contributed by atoms with Gasteiger partial charge in [-0.05, 0) is 45.9 Å².